The molecule has 0 bridgehead atoms. The number of nitrogens with zero attached hydrogens (tertiary/aromatic N) is 5. The van der Waals surface area contributed by atoms with E-state index in [9.17, 15) is 10.5 Å². The fourth-order valence-corrected chi connectivity index (χ4v) is 9.65. The van der Waals surface area contributed by atoms with Gasteiger partial charge in [0.05, 0.1) is 55.5 Å². The summed E-state index contributed by atoms with van der Waals surface area (Å²) in [4.78, 5) is 4.73. The van der Waals surface area contributed by atoms with Crippen LogP contribution >= 0.6 is 11.3 Å². The highest BCUT2D eigenvalue weighted by Gasteiger charge is 2.20. The first-order chi connectivity index (χ1) is 27.2. The van der Waals surface area contributed by atoms with Crippen molar-refractivity contribution in [2.75, 3.05) is 0 Å². The van der Waals surface area contributed by atoms with E-state index in [0.29, 0.717) is 11.1 Å². The average molecular weight is 718 g/mol. The van der Waals surface area contributed by atoms with Crippen LogP contribution in [0.4, 0.5) is 0 Å². The van der Waals surface area contributed by atoms with Crippen LogP contribution in [0.5, 0.6) is 0 Å². The minimum Gasteiger partial charge on any atom is -0.309 e. The van der Waals surface area contributed by atoms with Crippen molar-refractivity contribution < 1.29 is 0 Å². The normalized spacial score (nSPS) is 11.6. The topological polar surface area (TPSA) is 70.3 Å². The zero-order chi connectivity index (χ0) is 36.6. The van der Waals surface area contributed by atoms with E-state index in [1.807, 2.05) is 36.5 Å². The molecule has 0 N–H and O–H groups in total. The van der Waals surface area contributed by atoms with Crippen molar-refractivity contribution in [3.05, 3.63) is 175 Å². The maximum atomic E-state index is 9.91. The number of hydrogen-bond acceptors (Lipinski definition) is 4. The summed E-state index contributed by atoms with van der Waals surface area (Å²) in [5, 5.41) is 25.1. The van der Waals surface area contributed by atoms with Gasteiger partial charge in [0.15, 0.2) is 0 Å². The number of para-hydroxylation sites is 1. The molecule has 0 fully saturated rings. The van der Waals surface area contributed by atoms with Gasteiger partial charge in [-0.2, -0.15) is 10.5 Å². The van der Waals surface area contributed by atoms with Crippen LogP contribution < -0.4 is 0 Å². The summed E-state index contributed by atoms with van der Waals surface area (Å²) < 4.78 is 6.95. The highest BCUT2D eigenvalue weighted by molar-refractivity contribution is 7.26. The number of nitriles is 2. The van der Waals surface area contributed by atoms with Gasteiger partial charge < -0.3 is 9.13 Å². The summed E-state index contributed by atoms with van der Waals surface area (Å²) in [7, 11) is 0. The Morgan fingerprint density at radius 2 is 1.07 bits per heavy atom. The molecule has 0 amide bonds. The molecule has 55 heavy (non-hydrogen) atoms. The van der Waals surface area contributed by atoms with Crippen LogP contribution in [0.15, 0.2) is 164 Å². The minimum atomic E-state index is 0.639. The number of hydrogen-bond donors (Lipinski definition) is 0. The second-order valence-electron chi connectivity index (χ2n) is 13.8. The second-order valence-corrected chi connectivity index (χ2v) is 14.9. The highest BCUT2D eigenvalue weighted by Crippen LogP contribution is 2.44. The first kappa shape index (κ1) is 31.1. The maximum Gasteiger partial charge on any atom is 0.0991 e. The van der Waals surface area contributed by atoms with Gasteiger partial charge in [-0.15, -0.1) is 11.3 Å². The summed E-state index contributed by atoms with van der Waals surface area (Å²) in [6.45, 7) is 0. The zero-order valence-electron chi connectivity index (χ0n) is 29.2. The van der Waals surface area contributed by atoms with Gasteiger partial charge in [-0.1, -0.05) is 66.7 Å². The quantitative estimate of drug-likeness (QED) is 0.182. The van der Waals surface area contributed by atoms with Crippen molar-refractivity contribution >= 4 is 75.3 Å². The number of rotatable bonds is 4. The predicted molar refractivity (Wildman–Crippen MR) is 226 cm³/mol. The van der Waals surface area contributed by atoms with Crippen LogP contribution in [0, 0.1) is 22.7 Å². The van der Waals surface area contributed by atoms with Crippen LogP contribution in [0.1, 0.15) is 11.1 Å². The fraction of sp³-hybridized carbons (Fsp3) is 0. The van der Waals surface area contributed by atoms with Gasteiger partial charge in [0.1, 0.15) is 0 Å². The highest BCUT2D eigenvalue weighted by atomic mass is 32.1. The smallest absolute Gasteiger partial charge is 0.0991 e. The number of pyridine rings is 1. The molecule has 7 aromatic carbocycles. The van der Waals surface area contributed by atoms with E-state index in [4.69, 9.17) is 4.98 Å². The van der Waals surface area contributed by atoms with Crippen molar-refractivity contribution in [2.24, 2.45) is 0 Å². The van der Waals surface area contributed by atoms with Gasteiger partial charge in [0.2, 0.25) is 0 Å². The van der Waals surface area contributed by atoms with E-state index in [1.54, 1.807) is 11.3 Å². The van der Waals surface area contributed by atoms with Crippen LogP contribution in [0.3, 0.4) is 0 Å². The van der Waals surface area contributed by atoms with E-state index in [1.165, 1.54) is 4.70 Å². The first-order valence-corrected chi connectivity index (χ1v) is 18.9. The molecule has 11 rings (SSSR count). The number of aromatic nitrogens is 3. The number of benzene rings is 7. The SMILES string of the molecule is N#Cc1ccc2c(c1)c1ccccc1n2-c1cccc(-c2ccccc2-c2cccc(-n3c4ccc(C#N)cc4c4c5sc6cccnc6c5ccc43)c2)c1. The first-order valence-electron chi connectivity index (χ1n) is 18.1. The van der Waals surface area contributed by atoms with Crippen molar-refractivity contribution in [1.29, 1.82) is 10.5 Å². The van der Waals surface area contributed by atoms with Gasteiger partial charge in [-0.05, 0) is 113 Å². The molecule has 5 nitrogen and oxygen atoms in total. The number of fused-ring (bicyclic) bond motifs is 10. The van der Waals surface area contributed by atoms with Crippen molar-refractivity contribution in [2.45, 2.75) is 0 Å². The summed E-state index contributed by atoms with van der Waals surface area (Å²) in [5.74, 6) is 0. The van der Waals surface area contributed by atoms with Crippen molar-refractivity contribution in [3.63, 3.8) is 0 Å². The molecular formula is C49H27N5S. The van der Waals surface area contributed by atoms with E-state index in [2.05, 4.69) is 149 Å². The molecule has 0 unspecified atom stereocenters. The molecule has 4 aromatic heterocycles. The monoisotopic (exact) mass is 717 g/mol. The van der Waals surface area contributed by atoms with Gasteiger partial charge >= 0.3 is 0 Å². The van der Waals surface area contributed by atoms with Crippen LogP contribution in [0.25, 0.3) is 97.5 Å². The summed E-state index contributed by atoms with van der Waals surface area (Å²) in [6, 6.07) is 59.6. The molecule has 11 aromatic rings. The maximum absolute atomic E-state index is 9.91. The zero-order valence-corrected chi connectivity index (χ0v) is 30.0. The van der Waals surface area contributed by atoms with Gasteiger partial charge in [0.25, 0.3) is 0 Å². The van der Waals surface area contributed by atoms with Crippen LogP contribution in [-0.4, -0.2) is 14.1 Å². The molecule has 0 saturated heterocycles. The van der Waals surface area contributed by atoms with Gasteiger partial charge in [-0.25, -0.2) is 0 Å². The molecule has 0 aliphatic rings. The molecule has 0 aliphatic carbocycles. The van der Waals surface area contributed by atoms with Crippen molar-refractivity contribution in [1.82, 2.24) is 14.1 Å². The van der Waals surface area contributed by atoms with E-state index in [0.717, 1.165) is 92.8 Å². The summed E-state index contributed by atoms with van der Waals surface area (Å²) in [6.07, 6.45) is 1.85. The Morgan fingerprint density at radius 3 is 1.78 bits per heavy atom. The average Bonchev–Trinajstić information content (AvgIpc) is 3.91. The molecule has 0 atom stereocenters. The Bertz CT molecular complexity index is 3480. The molecule has 254 valence electrons. The van der Waals surface area contributed by atoms with Gasteiger partial charge in [-0.3, -0.25) is 4.98 Å². The number of thiophene rings is 1. The largest absolute Gasteiger partial charge is 0.309 e. The lowest BCUT2D eigenvalue weighted by atomic mass is 9.94. The molecule has 0 aliphatic heterocycles. The Hall–Kier alpha value is -7.51. The molecule has 0 spiro atoms. The molecule has 6 heteroatoms. The third kappa shape index (κ3) is 4.66. The molecule has 4 heterocycles. The fourth-order valence-electron chi connectivity index (χ4n) is 8.44. The molecular weight excluding hydrogens is 691 g/mol. The van der Waals surface area contributed by atoms with E-state index >= 15 is 0 Å². The lowest BCUT2D eigenvalue weighted by Gasteiger charge is -2.15. The lowest BCUT2D eigenvalue weighted by molar-refractivity contribution is 1.18. The summed E-state index contributed by atoms with van der Waals surface area (Å²) >= 11 is 1.76. The van der Waals surface area contributed by atoms with Gasteiger partial charge in [0, 0.05) is 49.2 Å². The second kappa shape index (κ2) is 12.0. The third-order valence-corrected chi connectivity index (χ3v) is 12.0. The standard InChI is InChI=1S/C49H27N5S/c50-28-30-17-20-43-40(24-30)38-14-3-4-15-42(38)53(43)34-10-5-8-32(26-34)36-12-1-2-13-37(36)33-9-6-11-35(27-33)54-44-21-18-31(29-51)25-41(44)47-45(54)22-19-39-48-46(55-49(39)47)16-7-23-52-48/h1-27H. The minimum absolute atomic E-state index is 0.639. The van der Waals surface area contributed by atoms with E-state index < -0.39 is 0 Å². The predicted octanol–water partition coefficient (Wildman–Crippen LogP) is 12.7. The Labute approximate surface area is 319 Å². The third-order valence-electron chi connectivity index (χ3n) is 10.8. The molecule has 0 saturated carbocycles. The summed E-state index contributed by atoms with van der Waals surface area (Å²) in [5.41, 5.74) is 13.2. The Morgan fingerprint density at radius 1 is 0.473 bits per heavy atom. The van der Waals surface area contributed by atoms with Crippen LogP contribution in [0.2, 0.25) is 0 Å². The lowest BCUT2D eigenvalue weighted by Crippen LogP contribution is -1.96. The van der Waals surface area contributed by atoms with Crippen molar-refractivity contribution in [3.8, 4) is 45.8 Å². The van der Waals surface area contributed by atoms with Crippen LogP contribution in [-0.2, 0) is 0 Å². The molecule has 0 radical (unpaired) electrons. The Balaban J connectivity index is 1.08. The van der Waals surface area contributed by atoms with E-state index in [-0.39, 0.29) is 0 Å². The Kier molecular flexibility index (Phi) is 6.78.